The van der Waals surface area contributed by atoms with Gasteiger partial charge in [-0.2, -0.15) is 0 Å². The lowest BCUT2D eigenvalue weighted by molar-refractivity contribution is 0.0488. The van der Waals surface area contributed by atoms with Crippen LogP contribution in [0.4, 0.5) is 0 Å². The van der Waals surface area contributed by atoms with Gasteiger partial charge in [0.1, 0.15) is 11.4 Å². The molecule has 0 fully saturated rings. The molecule has 1 N–H and O–H groups in total. The van der Waals surface area contributed by atoms with E-state index in [1.165, 1.54) is 25.9 Å². The largest absolute Gasteiger partial charge is 0.494 e. The molecular weight excluding hydrogens is 264 g/mol. The van der Waals surface area contributed by atoms with Gasteiger partial charge in [0.05, 0.1) is 13.7 Å². The van der Waals surface area contributed by atoms with Gasteiger partial charge >= 0.3 is 0 Å². The summed E-state index contributed by atoms with van der Waals surface area (Å²) in [6, 6.07) is 6.81. The molecule has 0 radical (unpaired) electrons. The molecule has 0 unspecified atom stereocenters. The Bertz CT molecular complexity index is 395. The van der Waals surface area contributed by atoms with Crippen LogP contribution >= 0.6 is 12.0 Å². The number of hydrogen-bond acceptors (Lipinski definition) is 5. The third kappa shape index (κ3) is 5.63. The molecule has 0 bridgehead atoms. The quantitative estimate of drug-likeness (QED) is 0.452. The van der Waals surface area contributed by atoms with Crippen LogP contribution < -0.4 is 4.74 Å². The number of carbonyl (C=O) groups excluding carboxylic acids is 1. The van der Waals surface area contributed by atoms with Crippen molar-refractivity contribution in [1.82, 2.24) is 0 Å². The molecular formula is C14H20O4S. The molecule has 4 nitrogen and oxygen atoms in total. The second-order valence-corrected chi connectivity index (χ2v) is 5.58. The normalized spacial score (nSPS) is 11.4. The topological polar surface area (TPSA) is 55.8 Å². The van der Waals surface area contributed by atoms with Gasteiger partial charge in [0.25, 0.3) is 0 Å². The smallest absolute Gasteiger partial charge is 0.193 e. The Morgan fingerprint density at radius 1 is 1.32 bits per heavy atom. The van der Waals surface area contributed by atoms with Crippen molar-refractivity contribution in [2.45, 2.75) is 25.9 Å². The molecule has 0 amide bonds. The summed E-state index contributed by atoms with van der Waals surface area (Å²) < 4.78 is 10.4. The van der Waals surface area contributed by atoms with Gasteiger partial charge < -0.3 is 14.0 Å². The molecule has 19 heavy (non-hydrogen) atoms. The van der Waals surface area contributed by atoms with Crippen molar-refractivity contribution in [3.8, 4) is 5.75 Å². The van der Waals surface area contributed by atoms with E-state index in [-0.39, 0.29) is 5.78 Å². The highest BCUT2D eigenvalue weighted by atomic mass is 32.2. The Kier molecular flexibility index (Phi) is 6.34. The summed E-state index contributed by atoms with van der Waals surface area (Å²) in [7, 11) is 1.64. The minimum absolute atomic E-state index is 0.296. The first kappa shape index (κ1) is 16.0. The van der Waals surface area contributed by atoms with Crippen LogP contribution in [0, 0.1) is 0 Å². The predicted octanol–water partition coefficient (Wildman–Crippen LogP) is 2.70. The van der Waals surface area contributed by atoms with Crippen LogP contribution in [-0.2, 0) is 4.18 Å². The molecule has 0 aliphatic carbocycles. The molecule has 1 rings (SSSR count). The number of hydrogen-bond donors (Lipinski definition) is 1. The number of carbonyl (C=O) groups is 1. The number of benzene rings is 1. The van der Waals surface area contributed by atoms with E-state index in [0.29, 0.717) is 12.2 Å². The predicted molar refractivity (Wildman–Crippen MR) is 76.6 cm³/mol. The first-order valence-electron chi connectivity index (χ1n) is 6.11. The summed E-state index contributed by atoms with van der Waals surface area (Å²) in [5.41, 5.74) is -0.866. The molecule has 0 aliphatic rings. The number of rotatable bonds is 8. The second-order valence-electron chi connectivity index (χ2n) is 4.60. The van der Waals surface area contributed by atoms with Gasteiger partial charge in [-0.05, 0) is 56.6 Å². The summed E-state index contributed by atoms with van der Waals surface area (Å²) in [4.78, 5) is 11.8. The SMILES string of the molecule is COSCCCOc1ccc(C(=O)C(C)(C)O)cc1. The molecule has 1 aromatic rings. The maximum absolute atomic E-state index is 11.8. The average molecular weight is 284 g/mol. The van der Waals surface area contributed by atoms with Gasteiger partial charge in [-0.3, -0.25) is 4.79 Å². The van der Waals surface area contributed by atoms with Crippen molar-refractivity contribution in [2.24, 2.45) is 0 Å². The molecule has 5 heteroatoms. The summed E-state index contributed by atoms with van der Waals surface area (Å²) in [6.07, 6.45) is 0.892. The summed E-state index contributed by atoms with van der Waals surface area (Å²) in [5, 5.41) is 9.64. The van der Waals surface area contributed by atoms with E-state index in [2.05, 4.69) is 0 Å². The highest BCUT2D eigenvalue weighted by Gasteiger charge is 2.24. The highest BCUT2D eigenvalue weighted by Crippen LogP contribution is 2.17. The molecule has 106 valence electrons. The van der Waals surface area contributed by atoms with E-state index in [1.54, 1.807) is 31.4 Å². The first-order chi connectivity index (χ1) is 8.95. The lowest BCUT2D eigenvalue weighted by Crippen LogP contribution is -2.30. The molecule has 0 aliphatic heterocycles. The lowest BCUT2D eigenvalue weighted by Gasteiger charge is -2.15. The maximum atomic E-state index is 11.8. The zero-order chi connectivity index (χ0) is 14.3. The Morgan fingerprint density at radius 2 is 1.95 bits per heavy atom. The number of ketones is 1. The van der Waals surface area contributed by atoms with Crippen molar-refractivity contribution >= 4 is 17.8 Å². The Morgan fingerprint density at radius 3 is 2.47 bits per heavy atom. The van der Waals surface area contributed by atoms with Crippen LogP contribution in [0.5, 0.6) is 5.75 Å². The number of aliphatic hydroxyl groups is 1. The third-order valence-electron chi connectivity index (χ3n) is 2.43. The van der Waals surface area contributed by atoms with Crippen LogP contribution in [0.2, 0.25) is 0 Å². The molecule has 0 saturated carbocycles. The fourth-order valence-corrected chi connectivity index (χ4v) is 1.85. The van der Waals surface area contributed by atoms with E-state index in [9.17, 15) is 9.90 Å². The summed E-state index contributed by atoms with van der Waals surface area (Å²) in [5.74, 6) is 1.30. The van der Waals surface area contributed by atoms with Gasteiger partial charge in [0, 0.05) is 11.3 Å². The van der Waals surface area contributed by atoms with Crippen LogP contribution in [0.3, 0.4) is 0 Å². The van der Waals surface area contributed by atoms with Crippen molar-refractivity contribution < 1.29 is 18.8 Å². The molecule has 0 atom stereocenters. The monoisotopic (exact) mass is 284 g/mol. The van der Waals surface area contributed by atoms with Crippen molar-refractivity contribution in [3.05, 3.63) is 29.8 Å². The molecule has 0 aromatic heterocycles. The second kappa shape index (κ2) is 7.53. The van der Waals surface area contributed by atoms with E-state index in [0.717, 1.165) is 17.9 Å². The Balaban J connectivity index is 2.46. The molecule has 1 aromatic carbocycles. The van der Waals surface area contributed by atoms with Crippen LogP contribution in [0.25, 0.3) is 0 Å². The van der Waals surface area contributed by atoms with Crippen molar-refractivity contribution in [3.63, 3.8) is 0 Å². The van der Waals surface area contributed by atoms with Crippen LogP contribution in [-0.4, -0.2) is 36.0 Å². The first-order valence-corrected chi connectivity index (χ1v) is 7.02. The lowest BCUT2D eigenvalue weighted by atomic mass is 9.97. The Labute approximate surface area is 118 Å². The summed E-state index contributed by atoms with van der Waals surface area (Å²) >= 11 is 1.40. The Hall–Kier alpha value is -1.04. The van der Waals surface area contributed by atoms with E-state index in [4.69, 9.17) is 8.92 Å². The summed E-state index contributed by atoms with van der Waals surface area (Å²) in [6.45, 7) is 3.57. The van der Waals surface area contributed by atoms with Crippen molar-refractivity contribution in [2.75, 3.05) is 19.5 Å². The van der Waals surface area contributed by atoms with E-state index < -0.39 is 5.60 Å². The fourth-order valence-electron chi connectivity index (χ4n) is 1.45. The van der Waals surface area contributed by atoms with Crippen LogP contribution in [0.15, 0.2) is 24.3 Å². The maximum Gasteiger partial charge on any atom is 0.193 e. The number of Topliss-reactive ketones (excluding diaryl/α,β-unsaturated/α-hetero) is 1. The molecule has 0 spiro atoms. The molecule has 0 saturated heterocycles. The van der Waals surface area contributed by atoms with Crippen LogP contribution in [0.1, 0.15) is 30.6 Å². The fraction of sp³-hybridized carbons (Fsp3) is 0.500. The zero-order valence-electron chi connectivity index (χ0n) is 11.5. The highest BCUT2D eigenvalue weighted by molar-refractivity contribution is 7.94. The minimum atomic E-state index is -1.35. The van der Waals surface area contributed by atoms with E-state index >= 15 is 0 Å². The third-order valence-corrected chi connectivity index (χ3v) is 3.12. The zero-order valence-corrected chi connectivity index (χ0v) is 12.3. The van der Waals surface area contributed by atoms with Gasteiger partial charge in [0.2, 0.25) is 0 Å². The van der Waals surface area contributed by atoms with Gasteiger partial charge in [0.15, 0.2) is 5.78 Å². The van der Waals surface area contributed by atoms with E-state index in [1.807, 2.05) is 0 Å². The number of ether oxygens (including phenoxy) is 1. The molecule has 0 heterocycles. The van der Waals surface area contributed by atoms with Gasteiger partial charge in [-0.25, -0.2) is 0 Å². The average Bonchev–Trinajstić information content (AvgIpc) is 2.37. The van der Waals surface area contributed by atoms with Gasteiger partial charge in [-0.1, -0.05) is 0 Å². The van der Waals surface area contributed by atoms with Crippen molar-refractivity contribution in [1.29, 1.82) is 0 Å². The van der Waals surface area contributed by atoms with Gasteiger partial charge in [-0.15, -0.1) is 0 Å². The minimum Gasteiger partial charge on any atom is -0.494 e. The standard InChI is InChI=1S/C14H20O4S/c1-14(2,16)13(15)11-5-7-12(8-6-11)18-9-4-10-19-17-3/h5-8,16H,4,9-10H2,1-3H3.